The number of nitrogens with zero attached hydrogens (tertiary/aromatic N) is 4. The van der Waals surface area contributed by atoms with E-state index in [0.717, 1.165) is 38.1 Å². The highest BCUT2D eigenvalue weighted by Crippen LogP contribution is 2.22. The first-order valence-electron chi connectivity index (χ1n) is 8.09. The van der Waals surface area contributed by atoms with Crippen LogP contribution < -0.4 is 15.8 Å². The number of aromatic nitrogens is 4. The Labute approximate surface area is 130 Å². The van der Waals surface area contributed by atoms with Gasteiger partial charge in [0.1, 0.15) is 0 Å². The van der Waals surface area contributed by atoms with E-state index in [1.165, 1.54) is 12.8 Å². The molecule has 7 heteroatoms. The summed E-state index contributed by atoms with van der Waals surface area (Å²) in [6.07, 6.45) is 6.23. The molecule has 0 radical (unpaired) electrons. The van der Waals surface area contributed by atoms with E-state index < -0.39 is 0 Å². The van der Waals surface area contributed by atoms with E-state index in [2.05, 4.69) is 31.8 Å². The first kappa shape index (κ1) is 15.0. The number of piperidine rings is 1. The largest absolute Gasteiger partial charge is 0.463 e. The van der Waals surface area contributed by atoms with Crippen molar-refractivity contribution in [2.75, 3.05) is 25.4 Å². The van der Waals surface area contributed by atoms with Crippen molar-refractivity contribution >= 4 is 17.0 Å². The van der Waals surface area contributed by atoms with E-state index in [1.807, 2.05) is 6.33 Å². The Kier molecular flexibility index (Phi) is 4.72. The maximum atomic E-state index is 5.99. The summed E-state index contributed by atoms with van der Waals surface area (Å²) in [6.45, 7) is 5.82. The maximum Gasteiger partial charge on any atom is 0.320 e. The fraction of sp³-hybridized carbons (Fsp3) is 0.667. The number of hydrogen-bond acceptors (Lipinski definition) is 6. The fourth-order valence-corrected chi connectivity index (χ4v) is 2.79. The number of ether oxygens (including phenoxy) is 1. The van der Waals surface area contributed by atoms with Gasteiger partial charge in [0.2, 0.25) is 0 Å². The van der Waals surface area contributed by atoms with Gasteiger partial charge in [-0.3, -0.25) is 0 Å². The number of fused-ring (bicyclic) bond motifs is 1. The molecule has 0 aromatic carbocycles. The Morgan fingerprint density at radius 2 is 2.18 bits per heavy atom. The van der Waals surface area contributed by atoms with Gasteiger partial charge in [0.25, 0.3) is 0 Å². The first-order valence-corrected chi connectivity index (χ1v) is 8.09. The van der Waals surface area contributed by atoms with Gasteiger partial charge in [-0.2, -0.15) is 9.97 Å². The monoisotopic (exact) mass is 304 g/mol. The van der Waals surface area contributed by atoms with E-state index in [4.69, 9.17) is 10.5 Å². The fourth-order valence-electron chi connectivity index (χ4n) is 2.79. The average Bonchev–Trinajstić information content (AvgIpc) is 2.92. The predicted molar refractivity (Wildman–Crippen MR) is 85.7 cm³/mol. The van der Waals surface area contributed by atoms with Crippen LogP contribution >= 0.6 is 0 Å². The Morgan fingerprint density at radius 1 is 1.36 bits per heavy atom. The Morgan fingerprint density at radius 3 is 2.95 bits per heavy atom. The van der Waals surface area contributed by atoms with Crippen LogP contribution in [-0.2, 0) is 6.54 Å². The van der Waals surface area contributed by atoms with Gasteiger partial charge in [-0.15, -0.1) is 0 Å². The second kappa shape index (κ2) is 6.91. The molecule has 22 heavy (non-hydrogen) atoms. The number of nitrogens with two attached hydrogens (primary N) is 1. The molecule has 3 heterocycles. The lowest BCUT2D eigenvalue weighted by Crippen LogP contribution is -2.29. The molecule has 2 aromatic rings. The van der Waals surface area contributed by atoms with E-state index in [1.54, 1.807) is 0 Å². The van der Waals surface area contributed by atoms with Gasteiger partial charge in [0.15, 0.2) is 17.0 Å². The van der Waals surface area contributed by atoms with Crippen LogP contribution in [0.15, 0.2) is 6.33 Å². The van der Waals surface area contributed by atoms with Crippen LogP contribution in [0.3, 0.4) is 0 Å². The van der Waals surface area contributed by atoms with Crippen molar-refractivity contribution < 1.29 is 4.74 Å². The van der Waals surface area contributed by atoms with Crippen molar-refractivity contribution in [3.05, 3.63) is 6.33 Å². The topological polar surface area (TPSA) is 90.9 Å². The molecular formula is C15H24N6O. The van der Waals surface area contributed by atoms with Crippen molar-refractivity contribution in [1.82, 2.24) is 24.8 Å². The molecule has 120 valence electrons. The molecule has 0 aliphatic carbocycles. The standard InChI is InChI=1S/C15H24N6O/c1-2-3-8-22-15-19-13(16)12-14(20-15)21(10-18-12)9-11-4-6-17-7-5-11/h10-11,17H,2-9H2,1H3,(H2,16,19,20). The smallest absolute Gasteiger partial charge is 0.320 e. The van der Waals surface area contributed by atoms with E-state index in [9.17, 15) is 0 Å². The summed E-state index contributed by atoms with van der Waals surface area (Å²) < 4.78 is 7.68. The molecule has 0 amide bonds. The minimum absolute atomic E-state index is 0.352. The summed E-state index contributed by atoms with van der Waals surface area (Å²) >= 11 is 0. The third-order valence-corrected chi connectivity index (χ3v) is 4.11. The molecule has 1 aliphatic rings. The molecule has 2 aromatic heterocycles. The van der Waals surface area contributed by atoms with E-state index in [0.29, 0.717) is 29.9 Å². The molecule has 1 saturated heterocycles. The van der Waals surface area contributed by atoms with Gasteiger partial charge >= 0.3 is 6.01 Å². The summed E-state index contributed by atoms with van der Waals surface area (Å²) in [6, 6.07) is 0.352. The van der Waals surface area contributed by atoms with Crippen LogP contribution in [0.4, 0.5) is 5.82 Å². The van der Waals surface area contributed by atoms with Crippen molar-refractivity contribution in [3.63, 3.8) is 0 Å². The summed E-state index contributed by atoms with van der Waals surface area (Å²) in [5.74, 6) is 1.04. The molecule has 3 rings (SSSR count). The number of anilines is 1. The highest BCUT2D eigenvalue weighted by atomic mass is 16.5. The maximum absolute atomic E-state index is 5.99. The summed E-state index contributed by atoms with van der Waals surface area (Å²) in [7, 11) is 0. The molecule has 0 spiro atoms. The third kappa shape index (κ3) is 3.30. The predicted octanol–water partition coefficient (Wildman–Crippen LogP) is 1.59. The summed E-state index contributed by atoms with van der Waals surface area (Å²) in [5.41, 5.74) is 7.43. The van der Waals surface area contributed by atoms with Gasteiger partial charge in [-0.25, -0.2) is 4.98 Å². The van der Waals surface area contributed by atoms with Crippen LogP contribution in [0, 0.1) is 5.92 Å². The quantitative estimate of drug-likeness (QED) is 0.788. The number of nitrogens with one attached hydrogen (secondary N) is 1. The minimum atomic E-state index is 0.352. The molecule has 1 fully saturated rings. The Bertz CT molecular complexity index is 620. The van der Waals surface area contributed by atoms with Crippen LogP contribution in [0.5, 0.6) is 6.01 Å². The third-order valence-electron chi connectivity index (χ3n) is 4.11. The lowest BCUT2D eigenvalue weighted by Gasteiger charge is -2.22. The summed E-state index contributed by atoms with van der Waals surface area (Å²) in [4.78, 5) is 13.1. The molecular weight excluding hydrogens is 280 g/mol. The molecule has 0 bridgehead atoms. The SMILES string of the molecule is CCCCOc1nc(N)c2ncn(CC3CCNCC3)c2n1. The molecule has 1 aliphatic heterocycles. The zero-order chi connectivity index (χ0) is 15.4. The Hall–Kier alpha value is -1.89. The van der Waals surface area contributed by atoms with Gasteiger partial charge in [-0.1, -0.05) is 13.3 Å². The highest BCUT2D eigenvalue weighted by Gasteiger charge is 2.17. The first-order chi connectivity index (χ1) is 10.8. The van der Waals surface area contributed by atoms with Crippen LogP contribution in [0.2, 0.25) is 0 Å². The second-order valence-corrected chi connectivity index (χ2v) is 5.86. The van der Waals surface area contributed by atoms with Crippen molar-refractivity contribution in [1.29, 1.82) is 0 Å². The van der Waals surface area contributed by atoms with E-state index in [-0.39, 0.29) is 0 Å². The number of rotatable bonds is 6. The van der Waals surface area contributed by atoms with Gasteiger partial charge in [-0.05, 0) is 38.3 Å². The molecule has 0 saturated carbocycles. The van der Waals surface area contributed by atoms with Crippen LogP contribution in [-0.4, -0.2) is 39.2 Å². The average molecular weight is 304 g/mol. The van der Waals surface area contributed by atoms with Gasteiger partial charge < -0.3 is 20.4 Å². The summed E-state index contributed by atoms with van der Waals surface area (Å²) in [5, 5.41) is 3.39. The molecule has 0 atom stereocenters. The molecule has 7 nitrogen and oxygen atoms in total. The van der Waals surface area contributed by atoms with Crippen molar-refractivity contribution in [2.45, 2.75) is 39.2 Å². The highest BCUT2D eigenvalue weighted by molar-refractivity contribution is 5.81. The number of nitrogen functional groups attached to an aromatic ring is 1. The molecule has 0 unspecified atom stereocenters. The number of unbranched alkanes of at least 4 members (excludes halogenated alkanes) is 1. The second-order valence-electron chi connectivity index (χ2n) is 5.86. The zero-order valence-corrected chi connectivity index (χ0v) is 13.1. The van der Waals surface area contributed by atoms with Crippen LogP contribution in [0.1, 0.15) is 32.6 Å². The Balaban J connectivity index is 1.80. The lowest BCUT2D eigenvalue weighted by atomic mass is 9.98. The zero-order valence-electron chi connectivity index (χ0n) is 13.1. The van der Waals surface area contributed by atoms with Gasteiger partial charge in [0.05, 0.1) is 12.9 Å². The van der Waals surface area contributed by atoms with E-state index >= 15 is 0 Å². The van der Waals surface area contributed by atoms with Crippen LogP contribution in [0.25, 0.3) is 11.2 Å². The normalized spacial score (nSPS) is 16.2. The van der Waals surface area contributed by atoms with Crippen molar-refractivity contribution in [2.24, 2.45) is 5.92 Å². The number of hydrogen-bond donors (Lipinski definition) is 2. The minimum Gasteiger partial charge on any atom is -0.463 e. The van der Waals surface area contributed by atoms with Crippen molar-refractivity contribution in [3.8, 4) is 6.01 Å². The molecule has 3 N–H and O–H groups in total. The lowest BCUT2D eigenvalue weighted by molar-refractivity contribution is 0.286. The number of imidazole rings is 1. The van der Waals surface area contributed by atoms with Gasteiger partial charge in [0, 0.05) is 6.54 Å².